The van der Waals surface area contributed by atoms with E-state index >= 15 is 0 Å². The number of fused-ring (bicyclic) bond motifs is 1. The minimum atomic E-state index is 0.709. The van der Waals surface area contributed by atoms with Crippen molar-refractivity contribution in [1.29, 1.82) is 0 Å². The molecule has 0 aliphatic rings. The van der Waals surface area contributed by atoms with Crippen molar-refractivity contribution in [3.8, 4) is 5.75 Å². The Bertz CT molecular complexity index is 746. The fourth-order valence-electron chi connectivity index (χ4n) is 2.58. The summed E-state index contributed by atoms with van der Waals surface area (Å²) in [6, 6.07) is 16.5. The fraction of sp³-hybridized carbons (Fsp3) is 0.222. The number of benzene rings is 2. The van der Waals surface area contributed by atoms with E-state index in [2.05, 4.69) is 35.6 Å². The van der Waals surface area contributed by atoms with Crippen LogP contribution in [0.3, 0.4) is 0 Å². The maximum Gasteiger partial charge on any atom is 0.123 e. The first-order valence-corrected chi connectivity index (χ1v) is 7.08. The summed E-state index contributed by atoms with van der Waals surface area (Å²) in [5.74, 6) is 2.80. The van der Waals surface area contributed by atoms with E-state index < -0.39 is 0 Å². The smallest absolute Gasteiger partial charge is 0.123 e. The summed E-state index contributed by atoms with van der Waals surface area (Å²) in [7, 11) is 1.71. The number of ether oxygens (including phenoxy) is 1. The van der Waals surface area contributed by atoms with Crippen LogP contribution in [0, 0.1) is 6.92 Å². The van der Waals surface area contributed by atoms with Crippen LogP contribution < -0.4 is 10.1 Å². The largest absolute Gasteiger partial charge is 0.496 e. The third-order valence-corrected chi connectivity index (χ3v) is 3.61. The van der Waals surface area contributed by atoms with Crippen LogP contribution >= 0.6 is 0 Å². The Morgan fingerprint density at radius 2 is 1.86 bits per heavy atom. The van der Waals surface area contributed by atoms with E-state index in [0.29, 0.717) is 6.54 Å². The second-order valence-corrected chi connectivity index (χ2v) is 5.08. The molecule has 0 aliphatic carbocycles. The van der Waals surface area contributed by atoms with Crippen LogP contribution in [0.5, 0.6) is 5.75 Å². The second-order valence-electron chi connectivity index (χ2n) is 5.08. The summed E-state index contributed by atoms with van der Waals surface area (Å²) in [6.45, 7) is 3.40. The Hall–Kier alpha value is -2.26. The zero-order chi connectivity index (χ0) is 14.7. The zero-order valence-corrected chi connectivity index (χ0v) is 12.3. The molecule has 0 spiro atoms. The fourth-order valence-corrected chi connectivity index (χ4v) is 2.58. The van der Waals surface area contributed by atoms with Gasteiger partial charge in [0.25, 0.3) is 0 Å². The van der Waals surface area contributed by atoms with E-state index in [4.69, 9.17) is 9.15 Å². The quantitative estimate of drug-likeness (QED) is 0.766. The molecule has 3 heteroatoms. The van der Waals surface area contributed by atoms with E-state index in [1.807, 2.05) is 25.1 Å². The Balaban J connectivity index is 1.81. The first-order chi connectivity index (χ1) is 10.3. The van der Waals surface area contributed by atoms with Gasteiger partial charge in [-0.2, -0.15) is 0 Å². The number of nitrogens with one attached hydrogen (secondary N) is 1. The van der Waals surface area contributed by atoms with Gasteiger partial charge in [-0.25, -0.2) is 0 Å². The first kappa shape index (κ1) is 13.7. The Morgan fingerprint density at radius 3 is 2.62 bits per heavy atom. The highest BCUT2D eigenvalue weighted by Crippen LogP contribution is 2.27. The number of furan rings is 1. The standard InChI is InChI=1S/C18H19NO2/c1-13-7-9-15(21-13)11-19-12-17-16-6-4-3-5-14(16)8-10-18(17)20-2/h3-10,19H,11-12H2,1-2H3. The molecular formula is C18H19NO2. The summed E-state index contributed by atoms with van der Waals surface area (Å²) >= 11 is 0. The number of rotatable bonds is 5. The van der Waals surface area contributed by atoms with Crippen molar-refractivity contribution < 1.29 is 9.15 Å². The van der Waals surface area contributed by atoms with E-state index in [-0.39, 0.29) is 0 Å². The third kappa shape index (κ3) is 2.93. The van der Waals surface area contributed by atoms with Crippen molar-refractivity contribution in [2.75, 3.05) is 7.11 Å². The van der Waals surface area contributed by atoms with Crippen LogP contribution in [0.1, 0.15) is 17.1 Å². The predicted octanol–water partition coefficient (Wildman–Crippen LogP) is 4.04. The van der Waals surface area contributed by atoms with Gasteiger partial charge in [0.05, 0.1) is 13.7 Å². The summed E-state index contributed by atoms with van der Waals surface area (Å²) in [4.78, 5) is 0. The average Bonchev–Trinajstić information content (AvgIpc) is 2.93. The highest BCUT2D eigenvalue weighted by molar-refractivity contribution is 5.87. The molecule has 3 aromatic rings. The summed E-state index contributed by atoms with van der Waals surface area (Å²) in [5, 5.41) is 5.87. The molecule has 3 rings (SSSR count). The van der Waals surface area contributed by atoms with Crippen LogP contribution in [-0.2, 0) is 13.1 Å². The van der Waals surface area contributed by atoms with Gasteiger partial charge in [-0.15, -0.1) is 0 Å². The molecule has 0 atom stereocenters. The predicted molar refractivity (Wildman–Crippen MR) is 84.5 cm³/mol. The van der Waals surface area contributed by atoms with Crippen molar-refractivity contribution in [3.05, 3.63) is 65.6 Å². The number of hydrogen-bond acceptors (Lipinski definition) is 3. The lowest BCUT2D eigenvalue weighted by atomic mass is 10.0. The van der Waals surface area contributed by atoms with Gasteiger partial charge in [0.1, 0.15) is 17.3 Å². The number of methoxy groups -OCH3 is 1. The maximum absolute atomic E-state index is 5.57. The van der Waals surface area contributed by atoms with E-state index in [9.17, 15) is 0 Å². The molecule has 0 fully saturated rings. The topological polar surface area (TPSA) is 34.4 Å². The average molecular weight is 281 g/mol. The van der Waals surface area contributed by atoms with Crippen LogP contribution in [0.25, 0.3) is 10.8 Å². The minimum Gasteiger partial charge on any atom is -0.496 e. The van der Waals surface area contributed by atoms with Crippen molar-refractivity contribution in [2.45, 2.75) is 20.0 Å². The number of hydrogen-bond donors (Lipinski definition) is 1. The third-order valence-electron chi connectivity index (χ3n) is 3.61. The van der Waals surface area contributed by atoms with Crippen LogP contribution in [-0.4, -0.2) is 7.11 Å². The maximum atomic E-state index is 5.57. The Morgan fingerprint density at radius 1 is 1.00 bits per heavy atom. The van der Waals surface area contributed by atoms with Crippen LogP contribution in [0.15, 0.2) is 52.9 Å². The molecule has 108 valence electrons. The monoisotopic (exact) mass is 281 g/mol. The van der Waals surface area contributed by atoms with Crippen molar-refractivity contribution in [2.24, 2.45) is 0 Å². The lowest BCUT2D eigenvalue weighted by Gasteiger charge is -2.12. The SMILES string of the molecule is COc1ccc2ccccc2c1CNCc1ccc(C)o1. The molecule has 0 saturated carbocycles. The molecule has 1 aromatic heterocycles. The van der Waals surface area contributed by atoms with Crippen molar-refractivity contribution in [1.82, 2.24) is 5.32 Å². The highest BCUT2D eigenvalue weighted by Gasteiger charge is 2.08. The van der Waals surface area contributed by atoms with E-state index in [0.717, 1.165) is 23.8 Å². The Labute approximate surface area is 124 Å². The van der Waals surface area contributed by atoms with Gasteiger partial charge in [0.15, 0.2) is 0 Å². The molecule has 2 aromatic carbocycles. The van der Waals surface area contributed by atoms with E-state index in [1.165, 1.54) is 16.3 Å². The van der Waals surface area contributed by atoms with Crippen LogP contribution in [0.2, 0.25) is 0 Å². The second kappa shape index (κ2) is 6.02. The zero-order valence-electron chi connectivity index (χ0n) is 12.3. The first-order valence-electron chi connectivity index (χ1n) is 7.08. The molecule has 1 N–H and O–H groups in total. The lowest BCUT2D eigenvalue weighted by molar-refractivity contribution is 0.407. The summed E-state index contributed by atoms with van der Waals surface area (Å²) in [6.07, 6.45) is 0. The molecule has 21 heavy (non-hydrogen) atoms. The molecule has 3 nitrogen and oxygen atoms in total. The van der Waals surface area contributed by atoms with Gasteiger partial charge in [0.2, 0.25) is 0 Å². The van der Waals surface area contributed by atoms with E-state index in [1.54, 1.807) is 7.11 Å². The molecule has 1 heterocycles. The molecule has 0 aliphatic heterocycles. The lowest BCUT2D eigenvalue weighted by Crippen LogP contribution is -2.13. The molecule has 0 unspecified atom stereocenters. The molecular weight excluding hydrogens is 262 g/mol. The van der Waals surface area contributed by atoms with Gasteiger partial charge >= 0.3 is 0 Å². The molecule has 0 radical (unpaired) electrons. The van der Waals surface area contributed by atoms with Crippen molar-refractivity contribution in [3.63, 3.8) is 0 Å². The van der Waals surface area contributed by atoms with Gasteiger partial charge in [-0.1, -0.05) is 30.3 Å². The molecule has 0 saturated heterocycles. The summed E-state index contributed by atoms with van der Waals surface area (Å²) in [5.41, 5.74) is 1.18. The van der Waals surface area contributed by atoms with Crippen molar-refractivity contribution >= 4 is 10.8 Å². The minimum absolute atomic E-state index is 0.709. The molecule has 0 bridgehead atoms. The highest BCUT2D eigenvalue weighted by atomic mass is 16.5. The molecule has 0 amide bonds. The Kier molecular flexibility index (Phi) is 3.93. The number of aryl methyl sites for hydroxylation is 1. The normalized spacial score (nSPS) is 11.0. The summed E-state index contributed by atoms with van der Waals surface area (Å²) < 4.78 is 11.1. The van der Waals surface area contributed by atoms with Gasteiger partial charge in [0, 0.05) is 12.1 Å². The van der Waals surface area contributed by atoms with Gasteiger partial charge < -0.3 is 14.5 Å². The van der Waals surface area contributed by atoms with Gasteiger partial charge in [-0.3, -0.25) is 0 Å². The van der Waals surface area contributed by atoms with Crippen LogP contribution in [0.4, 0.5) is 0 Å². The van der Waals surface area contributed by atoms with Gasteiger partial charge in [-0.05, 0) is 35.9 Å².